The first-order chi connectivity index (χ1) is 6.27. The van der Waals surface area contributed by atoms with Crippen LogP contribution in [0.15, 0.2) is 0 Å². The van der Waals surface area contributed by atoms with E-state index in [0.29, 0.717) is 0 Å². The molecule has 1 aliphatic heterocycles. The molecule has 0 bridgehead atoms. The Morgan fingerprint density at radius 3 is 2.77 bits per heavy atom. The van der Waals surface area contributed by atoms with Crippen LogP contribution in [-0.2, 0) is 4.79 Å². The molecule has 1 heterocycles. The molecule has 1 fully saturated rings. The molecule has 76 valence electrons. The molecule has 1 atom stereocenters. The predicted molar refractivity (Wildman–Crippen MR) is 50.4 cm³/mol. The van der Waals surface area contributed by atoms with E-state index < -0.39 is 6.04 Å². The van der Waals surface area contributed by atoms with Crippen molar-refractivity contribution in [2.75, 3.05) is 24.8 Å². The van der Waals surface area contributed by atoms with Crippen molar-refractivity contribution in [3.05, 3.63) is 0 Å². The molecule has 0 spiro atoms. The molecule has 0 radical (unpaired) electrons. The van der Waals surface area contributed by atoms with Gasteiger partial charge in [-0.25, -0.2) is 0 Å². The lowest BCUT2D eigenvalue weighted by molar-refractivity contribution is -0.123. The Morgan fingerprint density at radius 2 is 2.31 bits per heavy atom. The fourth-order valence-corrected chi connectivity index (χ4v) is 1.96. The van der Waals surface area contributed by atoms with Crippen LogP contribution < -0.4 is 10.6 Å². The number of rotatable bonds is 4. The highest BCUT2D eigenvalue weighted by atomic mass is 32.2. The quantitative estimate of drug-likeness (QED) is 0.433. The van der Waals surface area contributed by atoms with Crippen molar-refractivity contribution in [3.8, 4) is 0 Å². The second-order valence-electron chi connectivity index (χ2n) is 2.84. The molecule has 4 N–H and O–H groups in total. The fraction of sp³-hybridized carbons (Fsp3) is 0.857. The van der Waals surface area contributed by atoms with Gasteiger partial charge in [0.1, 0.15) is 0 Å². The lowest BCUT2D eigenvalue weighted by atomic mass is 10.2. The van der Waals surface area contributed by atoms with Crippen LogP contribution in [0.5, 0.6) is 0 Å². The zero-order chi connectivity index (χ0) is 9.68. The Labute approximate surface area is 80.9 Å². The van der Waals surface area contributed by atoms with Gasteiger partial charge in [-0.15, -0.1) is 11.8 Å². The SMILES string of the molecule is O=C(NC(CO)CO)C1CSCN1. The number of carbonyl (C=O) groups excluding carboxylic acids is 1. The predicted octanol–water partition coefficient (Wildman–Crippen LogP) is -1.88. The van der Waals surface area contributed by atoms with E-state index in [-0.39, 0.29) is 25.2 Å². The normalized spacial score (nSPS) is 22.2. The fourth-order valence-electron chi connectivity index (χ4n) is 1.01. The van der Waals surface area contributed by atoms with Crippen molar-refractivity contribution >= 4 is 17.7 Å². The van der Waals surface area contributed by atoms with Crippen LogP contribution in [0, 0.1) is 0 Å². The monoisotopic (exact) mass is 206 g/mol. The van der Waals surface area contributed by atoms with Gasteiger partial charge >= 0.3 is 0 Å². The minimum Gasteiger partial charge on any atom is -0.394 e. The zero-order valence-corrected chi connectivity index (χ0v) is 8.01. The van der Waals surface area contributed by atoms with Crippen LogP contribution >= 0.6 is 11.8 Å². The van der Waals surface area contributed by atoms with Crippen molar-refractivity contribution in [1.82, 2.24) is 10.6 Å². The molecule has 13 heavy (non-hydrogen) atoms. The summed E-state index contributed by atoms with van der Waals surface area (Å²) >= 11 is 1.66. The van der Waals surface area contributed by atoms with Gasteiger partial charge in [0, 0.05) is 11.6 Å². The minimum absolute atomic E-state index is 0.155. The number of aliphatic hydroxyl groups excluding tert-OH is 2. The number of thioether (sulfide) groups is 1. The Morgan fingerprint density at radius 1 is 1.62 bits per heavy atom. The molecule has 0 aliphatic carbocycles. The van der Waals surface area contributed by atoms with Crippen molar-refractivity contribution in [2.24, 2.45) is 0 Å². The summed E-state index contributed by atoms with van der Waals surface area (Å²) in [5.74, 6) is 1.37. The number of hydrogen-bond acceptors (Lipinski definition) is 5. The van der Waals surface area contributed by atoms with E-state index in [9.17, 15) is 4.79 Å². The summed E-state index contributed by atoms with van der Waals surface area (Å²) in [6.07, 6.45) is 0. The third-order valence-electron chi connectivity index (χ3n) is 1.82. The summed E-state index contributed by atoms with van der Waals surface area (Å²) in [6.45, 7) is -0.468. The zero-order valence-electron chi connectivity index (χ0n) is 7.19. The lowest BCUT2D eigenvalue weighted by Crippen LogP contribution is -2.48. The highest BCUT2D eigenvalue weighted by Crippen LogP contribution is 2.09. The molecule has 1 rings (SSSR count). The maximum absolute atomic E-state index is 11.4. The summed E-state index contributed by atoms with van der Waals surface area (Å²) in [7, 11) is 0. The van der Waals surface area contributed by atoms with Crippen molar-refractivity contribution in [3.63, 3.8) is 0 Å². The van der Waals surface area contributed by atoms with Gasteiger partial charge < -0.3 is 15.5 Å². The van der Waals surface area contributed by atoms with Crippen LogP contribution in [0.25, 0.3) is 0 Å². The van der Waals surface area contributed by atoms with E-state index in [4.69, 9.17) is 10.2 Å². The molecular formula is C7H14N2O3S. The molecule has 0 aromatic carbocycles. The average Bonchev–Trinajstić information content (AvgIpc) is 2.66. The maximum Gasteiger partial charge on any atom is 0.238 e. The van der Waals surface area contributed by atoms with Crippen molar-refractivity contribution in [1.29, 1.82) is 0 Å². The molecule has 1 saturated heterocycles. The molecule has 0 aromatic rings. The molecule has 1 amide bonds. The number of hydrogen-bond donors (Lipinski definition) is 4. The number of carbonyl (C=O) groups is 1. The van der Waals surface area contributed by atoms with Crippen LogP contribution in [-0.4, -0.2) is 53.0 Å². The van der Waals surface area contributed by atoms with Crippen molar-refractivity contribution in [2.45, 2.75) is 12.1 Å². The van der Waals surface area contributed by atoms with E-state index in [2.05, 4.69) is 10.6 Å². The molecule has 1 unspecified atom stereocenters. The molecule has 6 heteroatoms. The lowest BCUT2D eigenvalue weighted by Gasteiger charge is -2.16. The topological polar surface area (TPSA) is 81.6 Å². The second-order valence-corrected chi connectivity index (χ2v) is 3.87. The average molecular weight is 206 g/mol. The summed E-state index contributed by atoms with van der Waals surface area (Å²) in [4.78, 5) is 11.4. The summed E-state index contributed by atoms with van der Waals surface area (Å²) in [5, 5.41) is 23.0. The minimum atomic E-state index is -0.542. The van der Waals surface area contributed by atoms with Crippen LogP contribution in [0.2, 0.25) is 0 Å². The maximum atomic E-state index is 11.4. The Balaban J connectivity index is 2.30. The molecule has 5 nitrogen and oxygen atoms in total. The van der Waals surface area contributed by atoms with Gasteiger partial charge in [-0.05, 0) is 0 Å². The molecular weight excluding hydrogens is 192 g/mol. The number of nitrogens with one attached hydrogen (secondary N) is 2. The van der Waals surface area contributed by atoms with Gasteiger partial charge in [-0.3, -0.25) is 10.1 Å². The van der Waals surface area contributed by atoms with Gasteiger partial charge in [0.05, 0.1) is 25.3 Å². The highest BCUT2D eigenvalue weighted by Gasteiger charge is 2.23. The summed E-state index contributed by atoms with van der Waals surface area (Å²) < 4.78 is 0. The van der Waals surface area contributed by atoms with Gasteiger partial charge in [-0.1, -0.05) is 0 Å². The van der Waals surface area contributed by atoms with Gasteiger partial charge in [-0.2, -0.15) is 0 Å². The Kier molecular flexibility index (Phi) is 4.51. The third-order valence-corrected chi connectivity index (χ3v) is 2.76. The van der Waals surface area contributed by atoms with Gasteiger partial charge in [0.15, 0.2) is 0 Å². The largest absolute Gasteiger partial charge is 0.394 e. The summed E-state index contributed by atoms with van der Waals surface area (Å²) in [6, 6.07) is -0.731. The standard InChI is InChI=1S/C7H14N2O3S/c10-1-5(2-11)9-7(12)6-3-13-4-8-6/h5-6,8,10-11H,1-4H2,(H,9,12). The number of amides is 1. The van der Waals surface area contributed by atoms with Crippen LogP contribution in [0.3, 0.4) is 0 Å². The first-order valence-electron chi connectivity index (χ1n) is 4.11. The van der Waals surface area contributed by atoms with E-state index in [1.165, 1.54) is 0 Å². The third kappa shape index (κ3) is 3.15. The van der Waals surface area contributed by atoms with E-state index in [0.717, 1.165) is 11.6 Å². The number of aliphatic hydroxyl groups is 2. The highest BCUT2D eigenvalue weighted by molar-refractivity contribution is 7.99. The Bertz CT molecular complexity index is 169. The Hall–Kier alpha value is -0.300. The van der Waals surface area contributed by atoms with Crippen molar-refractivity contribution < 1.29 is 15.0 Å². The van der Waals surface area contributed by atoms with E-state index in [1.54, 1.807) is 11.8 Å². The molecule has 0 aromatic heterocycles. The van der Waals surface area contributed by atoms with E-state index >= 15 is 0 Å². The van der Waals surface area contributed by atoms with Gasteiger partial charge in [0.2, 0.25) is 5.91 Å². The molecule has 0 saturated carbocycles. The van der Waals surface area contributed by atoms with Crippen LogP contribution in [0.1, 0.15) is 0 Å². The summed E-state index contributed by atoms with van der Waals surface area (Å²) in [5.41, 5.74) is 0. The first-order valence-corrected chi connectivity index (χ1v) is 5.26. The second kappa shape index (κ2) is 5.43. The van der Waals surface area contributed by atoms with Gasteiger partial charge in [0.25, 0.3) is 0 Å². The molecule has 1 aliphatic rings. The smallest absolute Gasteiger partial charge is 0.238 e. The van der Waals surface area contributed by atoms with E-state index in [1.807, 2.05) is 0 Å². The van der Waals surface area contributed by atoms with Crippen LogP contribution in [0.4, 0.5) is 0 Å². The first kappa shape index (κ1) is 10.8.